The number of halogens is 1. The fourth-order valence-corrected chi connectivity index (χ4v) is 2.55. The summed E-state index contributed by atoms with van der Waals surface area (Å²) in [5.41, 5.74) is 0.992. The van der Waals surface area contributed by atoms with Crippen LogP contribution in [-0.4, -0.2) is 24.8 Å². The molecule has 0 aromatic heterocycles. The fraction of sp³-hybridized carbons (Fsp3) is 0.533. The Hall–Kier alpha value is -1.23. The number of aliphatic carboxylic acids is 1. The number of methoxy groups -OCH3 is 1. The van der Waals surface area contributed by atoms with Gasteiger partial charge in [-0.1, -0.05) is 15.9 Å². The summed E-state index contributed by atoms with van der Waals surface area (Å²) in [5, 5.41) is 8.75. The lowest BCUT2D eigenvalue weighted by Crippen LogP contribution is -2.05. The summed E-state index contributed by atoms with van der Waals surface area (Å²) in [4.78, 5) is 10.6. The molecule has 0 aliphatic heterocycles. The Morgan fingerprint density at radius 2 is 2.20 bits per heavy atom. The molecule has 1 aliphatic carbocycles. The first-order chi connectivity index (χ1) is 9.61. The molecular weight excluding hydrogens is 324 g/mol. The zero-order valence-electron chi connectivity index (χ0n) is 11.5. The van der Waals surface area contributed by atoms with E-state index in [0.29, 0.717) is 31.1 Å². The number of carboxylic acid groups (broad SMARTS) is 1. The van der Waals surface area contributed by atoms with Gasteiger partial charge in [0.2, 0.25) is 0 Å². The van der Waals surface area contributed by atoms with Crippen molar-refractivity contribution in [3.63, 3.8) is 0 Å². The highest BCUT2D eigenvalue weighted by atomic mass is 79.9. The number of hydrogen-bond donors (Lipinski definition) is 1. The molecular formula is C15H19BrO4. The molecule has 2 rings (SSSR count). The first-order valence-corrected chi connectivity index (χ1v) is 7.61. The van der Waals surface area contributed by atoms with E-state index in [0.717, 1.165) is 15.8 Å². The third-order valence-corrected chi connectivity index (χ3v) is 4.11. The normalized spacial score (nSPS) is 14.1. The van der Waals surface area contributed by atoms with E-state index in [4.69, 9.17) is 14.6 Å². The molecule has 1 saturated carbocycles. The molecule has 0 unspecified atom stereocenters. The molecule has 1 aliphatic rings. The Bertz CT molecular complexity index is 483. The average Bonchev–Trinajstić information content (AvgIpc) is 3.22. The molecule has 0 bridgehead atoms. The van der Waals surface area contributed by atoms with E-state index in [-0.39, 0.29) is 6.42 Å². The number of benzene rings is 1. The van der Waals surface area contributed by atoms with Crippen LogP contribution in [0.3, 0.4) is 0 Å². The molecule has 4 nitrogen and oxygen atoms in total. The first-order valence-electron chi connectivity index (χ1n) is 6.81. The zero-order valence-corrected chi connectivity index (χ0v) is 13.1. The second-order valence-corrected chi connectivity index (χ2v) is 5.91. The van der Waals surface area contributed by atoms with Crippen LogP contribution in [0.15, 0.2) is 16.6 Å². The minimum atomic E-state index is -0.774. The van der Waals surface area contributed by atoms with E-state index in [1.165, 1.54) is 12.8 Å². The standard InChI is InChI=1S/C15H19BrO4/c1-19-13-8-7-12(16)11(3-2-4-14(17)18)15(13)20-9-10-5-6-10/h7-8,10H,2-6,9H2,1H3,(H,17,18). The van der Waals surface area contributed by atoms with Gasteiger partial charge in [-0.3, -0.25) is 4.79 Å². The lowest BCUT2D eigenvalue weighted by atomic mass is 10.1. The van der Waals surface area contributed by atoms with Crippen molar-refractivity contribution in [3.05, 3.63) is 22.2 Å². The van der Waals surface area contributed by atoms with Crippen molar-refractivity contribution in [2.45, 2.75) is 32.1 Å². The molecule has 20 heavy (non-hydrogen) atoms. The maximum Gasteiger partial charge on any atom is 0.303 e. The molecule has 1 N–H and O–H groups in total. The van der Waals surface area contributed by atoms with Crippen LogP contribution in [0.2, 0.25) is 0 Å². The second-order valence-electron chi connectivity index (χ2n) is 5.06. The van der Waals surface area contributed by atoms with Crippen molar-refractivity contribution >= 4 is 21.9 Å². The maximum atomic E-state index is 10.6. The van der Waals surface area contributed by atoms with Gasteiger partial charge in [0.25, 0.3) is 0 Å². The lowest BCUT2D eigenvalue weighted by Gasteiger charge is -2.16. The first kappa shape index (κ1) is 15.2. The molecule has 0 spiro atoms. The van der Waals surface area contributed by atoms with Gasteiger partial charge in [0.1, 0.15) is 0 Å². The van der Waals surface area contributed by atoms with Crippen LogP contribution in [0.4, 0.5) is 0 Å². The topological polar surface area (TPSA) is 55.8 Å². The summed E-state index contributed by atoms with van der Waals surface area (Å²) in [6.45, 7) is 0.707. The Balaban J connectivity index is 2.13. The highest BCUT2D eigenvalue weighted by Gasteiger charge is 2.24. The summed E-state index contributed by atoms with van der Waals surface area (Å²) >= 11 is 3.52. The van der Waals surface area contributed by atoms with Crippen LogP contribution in [0.1, 0.15) is 31.2 Å². The summed E-state index contributed by atoms with van der Waals surface area (Å²) < 4.78 is 12.2. The van der Waals surface area contributed by atoms with Crippen molar-refractivity contribution in [1.82, 2.24) is 0 Å². The van der Waals surface area contributed by atoms with Crippen molar-refractivity contribution < 1.29 is 19.4 Å². The highest BCUT2D eigenvalue weighted by Crippen LogP contribution is 2.39. The Morgan fingerprint density at radius 1 is 1.45 bits per heavy atom. The van der Waals surface area contributed by atoms with Crippen LogP contribution in [0, 0.1) is 5.92 Å². The van der Waals surface area contributed by atoms with Gasteiger partial charge < -0.3 is 14.6 Å². The summed E-state index contributed by atoms with van der Waals surface area (Å²) in [6.07, 6.45) is 3.85. The van der Waals surface area contributed by atoms with E-state index in [9.17, 15) is 4.79 Å². The van der Waals surface area contributed by atoms with Gasteiger partial charge in [0.15, 0.2) is 11.5 Å². The van der Waals surface area contributed by atoms with Crippen LogP contribution in [0.25, 0.3) is 0 Å². The fourth-order valence-electron chi connectivity index (χ4n) is 2.04. The van der Waals surface area contributed by atoms with Crippen LogP contribution in [-0.2, 0) is 11.2 Å². The molecule has 0 heterocycles. The molecule has 1 fully saturated rings. The van der Waals surface area contributed by atoms with Crippen molar-refractivity contribution in [3.8, 4) is 11.5 Å². The van der Waals surface area contributed by atoms with Gasteiger partial charge in [-0.05, 0) is 43.7 Å². The second kappa shape index (κ2) is 6.97. The maximum absolute atomic E-state index is 10.6. The third-order valence-electron chi connectivity index (χ3n) is 3.36. The van der Waals surface area contributed by atoms with Gasteiger partial charge in [-0.2, -0.15) is 0 Å². The van der Waals surface area contributed by atoms with E-state index in [1.54, 1.807) is 7.11 Å². The third kappa shape index (κ3) is 4.13. The number of carbonyl (C=O) groups is 1. The molecule has 1 aromatic rings. The van der Waals surface area contributed by atoms with Gasteiger partial charge >= 0.3 is 5.97 Å². The predicted octanol–water partition coefficient (Wildman–Crippen LogP) is 3.65. The smallest absolute Gasteiger partial charge is 0.303 e. The van der Waals surface area contributed by atoms with Gasteiger partial charge in [-0.25, -0.2) is 0 Å². The molecule has 0 atom stereocenters. The summed E-state index contributed by atoms with van der Waals surface area (Å²) in [6, 6.07) is 3.78. The van der Waals surface area contributed by atoms with E-state index < -0.39 is 5.97 Å². The Labute approximate surface area is 127 Å². The molecule has 0 saturated heterocycles. The monoisotopic (exact) mass is 342 g/mol. The summed E-state index contributed by atoms with van der Waals surface area (Å²) in [7, 11) is 1.62. The van der Waals surface area contributed by atoms with E-state index >= 15 is 0 Å². The highest BCUT2D eigenvalue weighted by molar-refractivity contribution is 9.10. The number of hydrogen-bond acceptors (Lipinski definition) is 3. The quantitative estimate of drug-likeness (QED) is 0.783. The lowest BCUT2D eigenvalue weighted by molar-refractivity contribution is -0.137. The van der Waals surface area contributed by atoms with Gasteiger partial charge in [0, 0.05) is 16.5 Å². The minimum absolute atomic E-state index is 0.158. The minimum Gasteiger partial charge on any atom is -0.493 e. The molecule has 1 aromatic carbocycles. The average molecular weight is 343 g/mol. The molecule has 110 valence electrons. The number of carboxylic acids is 1. The SMILES string of the molecule is COc1ccc(Br)c(CCCC(=O)O)c1OCC1CC1. The van der Waals surface area contributed by atoms with Crippen molar-refractivity contribution in [1.29, 1.82) is 0 Å². The van der Waals surface area contributed by atoms with E-state index in [2.05, 4.69) is 15.9 Å². The molecule has 5 heteroatoms. The Kier molecular flexibility index (Phi) is 5.29. The van der Waals surface area contributed by atoms with Gasteiger partial charge in [0.05, 0.1) is 13.7 Å². The van der Waals surface area contributed by atoms with Crippen LogP contribution in [0.5, 0.6) is 11.5 Å². The van der Waals surface area contributed by atoms with Crippen molar-refractivity contribution in [2.75, 3.05) is 13.7 Å². The zero-order chi connectivity index (χ0) is 14.5. The number of ether oxygens (including phenoxy) is 2. The largest absolute Gasteiger partial charge is 0.493 e. The van der Waals surface area contributed by atoms with Crippen LogP contribution >= 0.6 is 15.9 Å². The van der Waals surface area contributed by atoms with Crippen molar-refractivity contribution in [2.24, 2.45) is 5.92 Å². The molecule has 0 radical (unpaired) electrons. The van der Waals surface area contributed by atoms with Crippen LogP contribution < -0.4 is 9.47 Å². The molecule has 0 amide bonds. The van der Waals surface area contributed by atoms with E-state index in [1.807, 2.05) is 12.1 Å². The Morgan fingerprint density at radius 3 is 2.80 bits per heavy atom. The summed E-state index contributed by atoms with van der Waals surface area (Å²) in [5.74, 6) is 1.34. The number of rotatable bonds is 8. The van der Waals surface area contributed by atoms with Gasteiger partial charge in [-0.15, -0.1) is 0 Å². The predicted molar refractivity (Wildman–Crippen MR) is 79.5 cm³/mol.